The second kappa shape index (κ2) is 5.01. The number of aliphatic hydroxyl groups excluding tert-OH is 6. The minimum absolute atomic E-state index is 0.361. The van der Waals surface area contributed by atoms with E-state index in [0.29, 0.717) is 0 Å². The van der Waals surface area contributed by atoms with Gasteiger partial charge in [0.25, 0.3) is 0 Å². The largest absolute Gasteiger partial charge is 0.396 e. The third-order valence-electron chi connectivity index (χ3n) is 4.41. The Morgan fingerprint density at radius 3 is 1.94 bits per heavy atom. The van der Waals surface area contributed by atoms with Crippen LogP contribution in [0.1, 0.15) is 6.92 Å². The molecule has 0 aromatic heterocycles. The molecule has 0 amide bonds. The van der Waals surface area contributed by atoms with Crippen LogP contribution in [0.2, 0.25) is 0 Å². The number of aliphatic hydroxyl groups is 6. The summed E-state index contributed by atoms with van der Waals surface area (Å²) >= 11 is 0. The third-order valence-corrected chi connectivity index (χ3v) is 4.41. The highest BCUT2D eigenvalue weighted by molar-refractivity contribution is 5.11. The highest BCUT2D eigenvalue weighted by Crippen LogP contribution is 2.39. The van der Waals surface area contributed by atoms with Crippen molar-refractivity contribution < 1.29 is 30.6 Å². The summed E-state index contributed by atoms with van der Waals surface area (Å²) in [6.07, 6.45) is -4.58. The number of rotatable bonds is 2. The van der Waals surface area contributed by atoms with Gasteiger partial charge in [0.2, 0.25) is 0 Å². The van der Waals surface area contributed by atoms with Crippen molar-refractivity contribution in [1.82, 2.24) is 4.90 Å². The van der Waals surface area contributed by atoms with E-state index in [-0.39, 0.29) is 6.61 Å². The molecule has 0 aromatic rings. The topological polar surface area (TPSA) is 125 Å². The Kier molecular flexibility index (Phi) is 3.93. The molecule has 8 atom stereocenters. The van der Waals surface area contributed by atoms with Gasteiger partial charge in [0.1, 0.15) is 0 Å². The van der Waals surface area contributed by atoms with Crippen LogP contribution in [0.15, 0.2) is 0 Å². The Balaban J connectivity index is 2.36. The molecule has 2 heterocycles. The quantitative estimate of drug-likeness (QED) is 0.305. The first-order chi connectivity index (χ1) is 8.45. The van der Waals surface area contributed by atoms with Crippen molar-refractivity contribution in [2.75, 3.05) is 13.2 Å². The van der Waals surface area contributed by atoms with Crippen LogP contribution >= 0.6 is 0 Å². The fourth-order valence-corrected chi connectivity index (χ4v) is 3.39. The van der Waals surface area contributed by atoms with E-state index in [1.54, 1.807) is 11.8 Å². The lowest BCUT2D eigenvalue weighted by atomic mass is 9.81. The van der Waals surface area contributed by atoms with Gasteiger partial charge in [0.15, 0.2) is 0 Å². The average molecular weight is 263 g/mol. The zero-order valence-electron chi connectivity index (χ0n) is 10.2. The van der Waals surface area contributed by atoms with Crippen LogP contribution in [-0.2, 0) is 0 Å². The molecule has 7 heteroatoms. The molecule has 18 heavy (non-hydrogen) atoms. The van der Waals surface area contributed by atoms with E-state index in [9.17, 15) is 30.6 Å². The molecule has 0 saturated carbocycles. The van der Waals surface area contributed by atoms with Gasteiger partial charge in [-0.25, -0.2) is 0 Å². The minimum atomic E-state index is -1.16. The monoisotopic (exact) mass is 263 g/mol. The second-order valence-electron chi connectivity index (χ2n) is 5.24. The van der Waals surface area contributed by atoms with Crippen molar-refractivity contribution in [3.8, 4) is 0 Å². The summed E-state index contributed by atoms with van der Waals surface area (Å²) < 4.78 is 0. The Hall–Kier alpha value is -0.280. The molecule has 0 bridgehead atoms. The van der Waals surface area contributed by atoms with Gasteiger partial charge < -0.3 is 30.6 Å². The van der Waals surface area contributed by atoms with Gasteiger partial charge in [-0.2, -0.15) is 0 Å². The predicted molar refractivity (Wildman–Crippen MR) is 60.6 cm³/mol. The van der Waals surface area contributed by atoms with Gasteiger partial charge in [-0.15, -0.1) is 0 Å². The Labute approximate surface area is 105 Å². The molecule has 0 radical (unpaired) electrons. The van der Waals surface area contributed by atoms with Gasteiger partial charge in [-0.3, -0.25) is 4.90 Å². The lowest BCUT2D eigenvalue weighted by Gasteiger charge is -2.48. The van der Waals surface area contributed by atoms with Crippen LogP contribution < -0.4 is 0 Å². The van der Waals surface area contributed by atoms with Crippen molar-refractivity contribution in [3.05, 3.63) is 0 Å². The molecule has 0 spiro atoms. The van der Waals surface area contributed by atoms with E-state index >= 15 is 0 Å². The Morgan fingerprint density at radius 2 is 1.44 bits per heavy atom. The SMILES string of the molecule is C[C@@H]1[C@@H](O)[C@H](O)[C@H](CO)[C@@H]2[C@@H](O)[C@H](O)[C@H](CO)N21. The van der Waals surface area contributed by atoms with E-state index in [0.717, 1.165) is 0 Å². The number of piperidine rings is 1. The highest BCUT2D eigenvalue weighted by Gasteiger charge is 2.58. The molecule has 106 valence electrons. The van der Waals surface area contributed by atoms with Gasteiger partial charge in [0, 0.05) is 18.0 Å². The minimum Gasteiger partial charge on any atom is -0.396 e. The molecule has 0 aromatic carbocycles. The smallest absolute Gasteiger partial charge is 0.0991 e. The summed E-state index contributed by atoms with van der Waals surface area (Å²) in [5, 5.41) is 58.4. The molecule has 2 fully saturated rings. The average Bonchev–Trinajstić information content (AvgIpc) is 2.61. The second-order valence-corrected chi connectivity index (χ2v) is 5.24. The molecule has 0 aliphatic carbocycles. The predicted octanol–water partition coefficient (Wildman–Crippen LogP) is -3.51. The molecule has 6 N–H and O–H groups in total. The molecule has 0 unspecified atom stereocenters. The maximum absolute atomic E-state index is 10.0. The maximum atomic E-state index is 10.0. The van der Waals surface area contributed by atoms with Crippen molar-refractivity contribution in [2.45, 2.75) is 49.5 Å². The molecule has 2 rings (SSSR count). The van der Waals surface area contributed by atoms with Crippen LogP contribution in [0, 0.1) is 5.92 Å². The normalized spacial score (nSPS) is 53.5. The number of hydrogen-bond acceptors (Lipinski definition) is 7. The number of nitrogens with zero attached hydrogens (tertiary/aromatic N) is 1. The fourth-order valence-electron chi connectivity index (χ4n) is 3.39. The van der Waals surface area contributed by atoms with Crippen molar-refractivity contribution in [2.24, 2.45) is 5.92 Å². The van der Waals surface area contributed by atoms with Crippen LogP contribution in [0.4, 0.5) is 0 Å². The zero-order chi connectivity index (χ0) is 13.6. The lowest BCUT2D eigenvalue weighted by molar-refractivity contribution is -0.150. The first-order valence-electron chi connectivity index (χ1n) is 6.17. The van der Waals surface area contributed by atoms with E-state index in [1.165, 1.54) is 0 Å². The van der Waals surface area contributed by atoms with Crippen LogP contribution in [0.3, 0.4) is 0 Å². The molecule has 2 saturated heterocycles. The fraction of sp³-hybridized carbons (Fsp3) is 1.00. The van der Waals surface area contributed by atoms with Gasteiger partial charge >= 0.3 is 0 Å². The molecule has 2 aliphatic rings. The van der Waals surface area contributed by atoms with Crippen molar-refractivity contribution >= 4 is 0 Å². The van der Waals surface area contributed by atoms with Crippen molar-refractivity contribution in [3.63, 3.8) is 0 Å². The molecule has 7 nitrogen and oxygen atoms in total. The van der Waals surface area contributed by atoms with E-state index in [2.05, 4.69) is 0 Å². The van der Waals surface area contributed by atoms with Crippen molar-refractivity contribution in [1.29, 1.82) is 0 Å². The van der Waals surface area contributed by atoms with Gasteiger partial charge in [-0.05, 0) is 6.92 Å². The first-order valence-corrected chi connectivity index (χ1v) is 6.17. The summed E-state index contributed by atoms with van der Waals surface area (Å²) in [5.74, 6) is -0.752. The molecular weight excluding hydrogens is 242 g/mol. The lowest BCUT2D eigenvalue weighted by Crippen LogP contribution is -2.65. The summed E-state index contributed by atoms with van der Waals surface area (Å²) in [5.41, 5.74) is 0. The molecular formula is C11H21NO6. The number of fused-ring (bicyclic) bond motifs is 1. The van der Waals surface area contributed by atoms with Crippen LogP contribution in [0.25, 0.3) is 0 Å². The zero-order valence-corrected chi connectivity index (χ0v) is 10.2. The Morgan fingerprint density at radius 1 is 0.833 bits per heavy atom. The number of hydrogen-bond donors (Lipinski definition) is 6. The standard InChI is InChI=1S/C11H21NO6/c1-4-8(15)9(16)5(2-13)7-11(18)10(17)6(3-14)12(4)7/h4-11,13-18H,2-3H2,1H3/t4-,5-,6+,7-,8-,9-,10-,11-/m1/s1. The van der Waals surface area contributed by atoms with E-state index in [4.69, 9.17) is 0 Å². The highest BCUT2D eigenvalue weighted by atomic mass is 16.4. The van der Waals surface area contributed by atoms with Gasteiger partial charge in [-0.1, -0.05) is 0 Å². The third kappa shape index (κ3) is 1.78. The summed E-state index contributed by atoms with van der Waals surface area (Å²) in [6, 6.07) is -1.89. The summed E-state index contributed by atoms with van der Waals surface area (Å²) in [7, 11) is 0. The van der Waals surface area contributed by atoms with Gasteiger partial charge in [0.05, 0.1) is 43.7 Å². The Bertz CT molecular complexity index is 303. The maximum Gasteiger partial charge on any atom is 0.0991 e. The summed E-state index contributed by atoms with van der Waals surface area (Å²) in [6.45, 7) is 0.885. The van der Waals surface area contributed by atoms with Crippen LogP contribution in [-0.4, -0.2) is 91.3 Å². The molecule has 2 aliphatic heterocycles. The van der Waals surface area contributed by atoms with E-state index in [1.807, 2.05) is 0 Å². The summed E-state index contributed by atoms with van der Waals surface area (Å²) in [4.78, 5) is 1.60. The first kappa shape index (κ1) is 14.1. The van der Waals surface area contributed by atoms with E-state index < -0.39 is 55.1 Å². The van der Waals surface area contributed by atoms with Crippen LogP contribution in [0.5, 0.6) is 0 Å².